The van der Waals surface area contributed by atoms with Crippen molar-refractivity contribution in [2.24, 2.45) is 17.8 Å². The van der Waals surface area contributed by atoms with Crippen LogP contribution in [0.15, 0.2) is 0 Å². The Labute approximate surface area is 137 Å². The molecule has 4 aliphatic rings. The lowest BCUT2D eigenvalue weighted by atomic mass is 9.47. The number of ketones is 1. The molecule has 2 aliphatic heterocycles. The highest BCUT2D eigenvalue weighted by atomic mass is 16.5. The van der Waals surface area contributed by atoms with Crippen molar-refractivity contribution in [3.05, 3.63) is 0 Å². The van der Waals surface area contributed by atoms with Gasteiger partial charge in [0.15, 0.2) is 5.78 Å². The Morgan fingerprint density at radius 2 is 1.91 bits per heavy atom. The van der Waals surface area contributed by atoms with E-state index in [2.05, 4.69) is 4.90 Å². The van der Waals surface area contributed by atoms with Crippen molar-refractivity contribution in [1.82, 2.24) is 4.90 Å². The first kappa shape index (κ1) is 15.6. The minimum atomic E-state index is -1.24. The van der Waals surface area contributed by atoms with Gasteiger partial charge in [0.25, 0.3) is 0 Å². The summed E-state index contributed by atoms with van der Waals surface area (Å²) in [6.07, 6.45) is 5.26. The summed E-state index contributed by atoms with van der Waals surface area (Å²) in [6, 6.07) is 0. The van der Waals surface area contributed by atoms with Gasteiger partial charge < -0.3 is 9.84 Å². The predicted molar refractivity (Wildman–Crippen MR) is 83.7 cm³/mol. The summed E-state index contributed by atoms with van der Waals surface area (Å²) in [4.78, 5) is 27.0. The molecule has 0 unspecified atom stereocenters. The van der Waals surface area contributed by atoms with Crippen LogP contribution in [0.4, 0.5) is 0 Å². The van der Waals surface area contributed by atoms with Gasteiger partial charge in [0.2, 0.25) is 0 Å². The molecule has 1 spiro atoms. The molecule has 5 nitrogen and oxygen atoms in total. The molecule has 5 heteroatoms. The average Bonchev–Trinajstić information content (AvgIpc) is 2.47. The van der Waals surface area contributed by atoms with E-state index >= 15 is 0 Å². The normalized spacial score (nSPS) is 49.4. The summed E-state index contributed by atoms with van der Waals surface area (Å²) in [5.41, 5.74) is -1.40. The van der Waals surface area contributed by atoms with E-state index in [-0.39, 0.29) is 35.2 Å². The lowest BCUT2D eigenvalue weighted by Crippen LogP contribution is -2.76. The number of hydrogen-bond donors (Lipinski definition) is 1. The van der Waals surface area contributed by atoms with Crippen LogP contribution in [-0.2, 0) is 14.3 Å². The van der Waals surface area contributed by atoms with Crippen molar-refractivity contribution in [3.8, 4) is 0 Å². The molecule has 2 heterocycles. The maximum Gasteiger partial charge on any atom is 0.302 e. The minimum Gasteiger partial charge on any atom is -0.462 e. The van der Waals surface area contributed by atoms with Gasteiger partial charge in [0, 0.05) is 30.7 Å². The molecule has 2 saturated heterocycles. The number of carbonyl (C=O) groups excluding carboxylic acids is 2. The van der Waals surface area contributed by atoms with Crippen molar-refractivity contribution in [3.63, 3.8) is 0 Å². The van der Waals surface area contributed by atoms with Gasteiger partial charge in [-0.1, -0.05) is 0 Å². The zero-order valence-corrected chi connectivity index (χ0v) is 14.1. The minimum absolute atomic E-state index is 0.0313. The highest BCUT2D eigenvalue weighted by Gasteiger charge is 2.68. The van der Waals surface area contributed by atoms with Crippen LogP contribution in [0.25, 0.3) is 0 Å². The summed E-state index contributed by atoms with van der Waals surface area (Å²) >= 11 is 0. The highest BCUT2D eigenvalue weighted by molar-refractivity contribution is 5.91. The Morgan fingerprint density at radius 3 is 2.57 bits per heavy atom. The Kier molecular flexibility index (Phi) is 3.40. The van der Waals surface area contributed by atoms with Crippen LogP contribution >= 0.6 is 0 Å². The number of ether oxygens (including phenoxy) is 1. The van der Waals surface area contributed by atoms with Gasteiger partial charge in [-0.15, -0.1) is 0 Å². The zero-order valence-electron chi connectivity index (χ0n) is 14.1. The first-order valence-corrected chi connectivity index (χ1v) is 9.05. The van der Waals surface area contributed by atoms with E-state index in [1.54, 1.807) is 6.92 Å². The quantitative estimate of drug-likeness (QED) is 0.742. The van der Waals surface area contributed by atoms with E-state index < -0.39 is 5.60 Å². The second-order valence-corrected chi connectivity index (χ2v) is 8.28. The molecule has 6 atom stereocenters. The van der Waals surface area contributed by atoms with Gasteiger partial charge in [-0.2, -0.15) is 0 Å². The maximum absolute atomic E-state index is 12.9. The van der Waals surface area contributed by atoms with E-state index in [4.69, 9.17) is 4.74 Å². The van der Waals surface area contributed by atoms with E-state index in [1.165, 1.54) is 6.92 Å². The van der Waals surface area contributed by atoms with Gasteiger partial charge in [0.05, 0.1) is 0 Å². The third-order valence-electron chi connectivity index (χ3n) is 6.99. The summed E-state index contributed by atoms with van der Waals surface area (Å²) in [7, 11) is 0. The van der Waals surface area contributed by atoms with Gasteiger partial charge >= 0.3 is 5.97 Å². The standard InChI is InChI=1S/C18H27NO4/c1-11(20)23-15-9-12-13-5-3-7-19-8-4-6-14(15)18(13,19)10-17(2,22)16(12)21/h12-15,22H,3-10H2,1-2H3/t12-,13+,14+,15+,17+,18+/m0/s1. The monoisotopic (exact) mass is 321 g/mol. The predicted octanol–water partition coefficient (Wildman–Crippen LogP) is 1.52. The summed E-state index contributed by atoms with van der Waals surface area (Å²) in [5, 5.41) is 10.8. The highest BCUT2D eigenvalue weighted by Crippen LogP contribution is 2.60. The second-order valence-electron chi connectivity index (χ2n) is 8.28. The van der Waals surface area contributed by atoms with Crippen LogP contribution in [0.5, 0.6) is 0 Å². The number of rotatable bonds is 1. The Bertz CT molecular complexity index is 543. The fraction of sp³-hybridized carbons (Fsp3) is 0.889. The largest absolute Gasteiger partial charge is 0.462 e. The molecule has 0 aromatic rings. The molecular weight excluding hydrogens is 294 g/mol. The van der Waals surface area contributed by atoms with Crippen molar-refractivity contribution in [2.75, 3.05) is 13.1 Å². The first-order chi connectivity index (χ1) is 10.9. The number of esters is 1. The molecule has 2 saturated carbocycles. The number of nitrogens with zero attached hydrogens (tertiary/aromatic N) is 1. The van der Waals surface area contributed by atoms with E-state index in [0.717, 1.165) is 38.8 Å². The van der Waals surface area contributed by atoms with Crippen molar-refractivity contribution < 1.29 is 19.4 Å². The molecule has 0 aromatic carbocycles. The Balaban J connectivity index is 1.81. The number of piperidine rings is 2. The smallest absolute Gasteiger partial charge is 0.302 e. The fourth-order valence-corrected chi connectivity index (χ4v) is 6.46. The van der Waals surface area contributed by atoms with Crippen LogP contribution in [0.2, 0.25) is 0 Å². The molecular formula is C18H27NO4. The Morgan fingerprint density at radius 1 is 1.26 bits per heavy atom. The SMILES string of the molecule is CC(=O)O[C@@H]1C[C@@H]2C(=O)[C@](C)(O)C[C@]34[C@@H]2CCCN3CCC[C@H]14. The molecule has 2 bridgehead atoms. The van der Waals surface area contributed by atoms with Crippen LogP contribution in [-0.4, -0.2) is 52.1 Å². The molecule has 128 valence electrons. The van der Waals surface area contributed by atoms with Crippen molar-refractivity contribution in [1.29, 1.82) is 0 Å². The summed E-state index contributed by atoms with van der Waals surface area (Å²) in [5.74, 6) is 0.119. The fourth-order valence-electron chi connectivity index (χ4n) is 6.46. The average molecular weight is 321 g/mol. The number of hydrogen-bond acceptors (Lipinski definition) is 5. The van der Waals surface area contributed by atoms with Crippen molar-refractivity contribution >= 4 is 11.8 Å². The van der Waals surface area contributed by atoms with Crippen molar-refractivity contribution in [2.45, 2.75) is 69.6 Å². The van der Waals surface area contributed by atoms with Crippen LogP contribution in [0.1, 0.15) is 52.4 Å². The van der Waals surface area contributed by atoms with Crippen LogP contribution in [0, 0.1) is 17.8 Å². The Hall–Kier alpha value is -0.940. The molecule has 0 radical (unpaired) electrons. The number of carbonyl (C=O) groups is 2. The topological polar surface area (TPSA) is 66.8 Å². The molecule has 23 heavy (non-hydrogen) atoms. The summed E-state index contributed by atoms with van der Waals surface area (Å²) in [6.45, 7) is 5.23. The third kappa shape index (κ3) is 2.05. The maximum atomic E-state index is 12.9. The molecule has 4 rings (SSSR count). The zero-order chi connectivity index (χ0) is 16.4. The molecule has 0 amide bonds. The van der Waals surface area contributed by atoms with Gasteiger partial charge in [-0.05, 0) is 58.0 Å². The van der Waals surface area contributed by atoms with E-state index in [0.29, 0.717) is 18.8 Å². The van der Waals surface area contributed by atoms with Gasteiger partial charge in [-0.3, -0.25) is 14.5 Å². The molecule has 4 fully saturated rings. The third-order valence-corrected chi connectivity index (χ3v) is 6.99. The summed E-state index contributed by atoms with van der Waals surface area (Å²) < 4.78 is 5.67. The number of Topliss-reactive ketones (excluding diaryl/α,β-unsaturated/α-hetero) is 1. The van der Waals surface area contributed by atoms with Crippen LogP contribution < -0.4 is 0 Å². The van der Waals surface area contributed by atoms with Gasteiger partial charge in [0.1, 0.15) is 11.7 Å². The van der Waals surface area contributed by atoms with E-state index in [9.17, 15) is 14.7 Å². The molecule has 0 aromatic heterocycles. The first-order valence-electron chi connectivity index (χ1n) is 9.05. The van der Waals surface area contributed by atoms with Gasteiger partial charge in [-0.25, -0.2) is 0 Å². The van der Waals surface area contributed by atoms with Crippen LogP contribution in [0.3, 0.4) is 0 Å². The molecule has 1 N–H and O–H groups in total. The number of aliphatic hydroxyl groups is 1. The lowest BCUT2D eigenvalue weighted by Gasteiger charge is -2.68. The lowest BCUT2D eigenvalue weighted by molar-refractivity contribution is -0.223. The second kappa shape index (κ2) is 5.03. The van der Waals surface area contributed by atoms with E-state index in [1.807, 2.05) is 0 Å². The molecule has 2 aliphatic carbocycles.